The second-order valence-corrected chi connectivity index (χ2v) is 3.96. The van der Waals surface area contributed by atoms with Crippen molar-refractivity contribution in [3.8, 4) is 0 Å². The molecule has 0 saturated carbocycles. The molecule has 0 aliphatic heterocycles. The van der Waals surface area contributed by atoms with Crippen LogP contribution in [0.15, 0.2) is 0 Å². The lowest BCUT2D eigenvalue weighted by Crippen LogP contribution is -2.51. The maximum atomic E-state index is 9.33. The molecular weight excluding hydrogens is 182 g/mol. The summed E-state index contributed by atoms with van der Waals surface area (Å²) in [5.74, 6) is 0. The van der Waals surface area contributed by atoms with Crippen LogP contribution in [0.2, 0.25) is 0 Å². The molecule has 0 rings (SSSR count). The molecule has 4 atom stereocenters. The van der Waals surface area contributed by atoms with Crippen molar-refractivity contribution in [3.05, 3.63) is 0 Å². The SMILES string of the molecule is COC(C)C(C)(CN)OC(C)C(C)O. The van der Waals surface area contributed by atoms with Gasteiger partial charge in [0.1, 0.15) is 5.60 Å². The summed E-state index contributed by atoms with van der Waals surface area (Å²) in [6.07, 6.45) is -0.861. The van der Waals surface area contributed by atoms with Crippen molar-refractivity contribution in [2.24, 2.45) is 5.73 Å². The van der Waals surface area contributed by atoms with Gasteiger partial charge in [0.15, 0.2) is 0 Å². The monoisotopic (exact) mass is 205 g/mol. The molecule has 0 fully saturated rings. The Bertz CT molecular complexity index is 163. The predicted octanol–water partition coefficient (Wildman–Crippen LogP) is 0.525. The van der Waals surface area contributed by atoms with E-state index in [9.17, 15) is 5.11 Å². The Morgan fingerprint density at radius 1 is 1.36 bits per heavy atom. The lowest BCUT2D eigenvalue weighted by Gasteiger charge is -2.36. The minimum Gasteiger partial charge on any atom is -0.391 e. The fraction of sp³-hybridized carbons (Fsp3) is 1.00. The van der Waals surface area contributed by atoms with Crippen LogP contribution >= 0.6 is 0 Å². The Morgan fingerprint density at radius 3 is 2.14 bits per heavy atom. The van der Waals surface area contributed by atoms with Gasteiger partial charge in [-0.25, -0.2) is 0 Å². The standard InChI is InChI=1S/C10H23NO3/c1-7(12)8(2)14-10(4,6-11)9(3)13-5/h7-9,12H,6,11H2,1-5H3. The first-order valence-corrected chi connectivity index (χ1v) is 4.96. The highest BCUT2D eigenvalue weighted by atomic mass is 16.6. The topological polar surface area (TPSA) is 64.7 Å². The Morgan fingerprint density at radius 2 is 1.86 bits per heavy atom. The van der Waals surface area contributed by atoms with E-state index >= 15 is 0 Å². The molecule has 0 aromatic rings. The van der Waals surface area contributed by atoms with Crippen LogP contribution in [0.4, 0.5) is 0 Å². The van der Waals surface area contributed by atoms with E-state index in [-0.39, 0.29) is 12.2 Å². The van der Waals surface area contributed by atoms with E-state index in [1.54, 1.807) is 14.0 Å². The number of nitrogens with two attached hydrogens (primary N) is 1. The third kappa shape index (κ3) is 3.53. The Hall–Kier alpha value is -0.160. The molecule has 0 aromatic heterocycles. The zero-order valence-corrected chi connectivity index (χ0v) is 9.78. The van der Waals surface area contributed by atoms with Gasteiger partial charge in [-0.05, 0) is 27.7 Å². The average molecular weight is 205 g/mol. The number of hydrogen-bond donors (Lipinski definition) is 2. The van der Waals surface area contributed by atoms with Gasteiger partial charge in [-0.3, -0.25) is 0 Å². The van der Waals surface area contributed by atoms with E-state index in [0.717, 1.165) is 0 Å². The van der Waals surface area contributed by atoms with E-state index in [1.807, 2.05) is 20.8 Å². The molecule has 0 aliphatic carbocycles. The van der Waals surface area contributed by atoms with Crippen LogP contribution < -0.4 is 5.73 Å². The van der Waals surface area contributed by atoms with E-state index in [2.05, 4.69) is 0 Å². The first-order valence-electron chi connectivity index (χ1n) is 4.96. The summed E-state index contributed by atoms with van der Waals surface area (Å²) in [6.45, 7) is 7.67. The normalized spacial score (nSPS) is 22.5. The highest BCUT2D eigenvalue weighted by Gasteiger charge is 2.33. The molecule has 4 nitrogen and oxygen atoms in total. The quantitative estimate of drug-likeness (QED) is 0.663. The molecular formula is C10H23NO3. The largest absolute Gasteiger partial charge is 0.391 e. The van der Waals surface area contributed by atoms with Crippen molar-refractivity contribution >= 4 is 0 Å². The first kappa shape index (κ1) is 13.8. The molecule has 0 bridgehead atoms. The van der Waals surface area contributed by atoms with Gasteiger partial charge in [0.2, 0.25) is 0 Å². The number of hydrogen-bond acceptors (Lipinski definition) is 4. The van der Waals surface area contributed by atoms with Crippen molar-refractivity contribution in [2.45, 2.75) is 51.6 Å². The first-order chi connectivity index (χ1) is 6.37. The molecule has 0 spiro atoms. The van der Waals surface area contributed by atoms with Crippen LogP contribution in [-0.4, -0.2) is 42.7 Å². The number of ether oxygens (including phenoxy) is 2. The van der Waals surface area contributed by atoms with Crippen molar-refractivity contribution in [2.75, 3.05) is 13.7 Å². The molecule has 0 heterocycles. The molecule has 0 radical (unpaired) electrons. The van der Waals surface area contributed by atoms with Gasteiger partial charge >= 0.3 is 0 Å². The minimum absolute atomic E-state index is 0.103. The van der Waals surface area contributed by atoms with Crippen LogP contribution in [0.5, 0.6) is 0 Å². The zero-order chi connectivity index (χ0) is 11.4. The van der Waals surface area contributed by atoms with E-state index in [4.69, 9.17) is 15.2 Å². The van der Waals surface area contributed by atoms with E-state index < -0.39 is 11.7 Å². The van der Waals surface area contributed by atoms with Crippen LogP contribution in [0.3, 0.4) is 0 Å². The minimum atomic E-state index is -0.550. The summed E-state index contributed by atoms with van der Waals surface area (Å²) in [6, 6.07) is 0. The third-order valence-corrected chi connectivity index (χ3v) is 2.75. The molecule has 0 saturated heterocycles. The van der Waals surface area contributed by atoms with Crippen LogP contribution in [0.25, 0.3) is 0 Å². The molecule has 4 heteroatoms. The summed E-state index contributed by atoms with van der Waals surface area (Å²) in [5, 5.41) is 9.33. The molecule has 0 aliphatic rings. The molecule has 0 amide bonds. The maximum absolute atomic E-state index is 9.33. The highest BCUT2D eigenvalue weighted by molar-refractivity contribution is 4.85. The van der Waals surface area contributed by atoms with Crippen LogP contribution in [-0.2, 0) is 9.47 Å². The number of aliphatic hydroxyl groups excluding tert-OH is 1. The fourth-order valence-corrected chi connectivity index (χ4v) is 1.08. The van der Waals surface area contributed by atoms with Gasteiger partial charge in [-0.15, -0.1) is 0 Å². The van der Waals surface area contributed by atoms with Crippen molar-refractivity contribution in [3.63, 3.8) is 0 Å². The number of methoxy groups -OCH3 is 1. The second kappa shape index (κ2) is 5.66. The van der Waals surface area contributed by atoms with Gasteiger partial charge in [0, 0.05) is 13.7 Å². The third-order valence-electron chi connectivity index (χ3n) is 2.75. The number of rotatable bonds is 6. The fourth-order valence-electron chi connectivity index (χ4n) is 1.08. The van der Waals surface area contributed by atoms with Crippen LogP contribution in [0.1, 0.15) is 27.7 Å². The van der Waals surface area contributed by atoms with Crippen molar-refractivity contribution in [1.82, 2.24) is 0 Å². The summed E-state index contributed by atoms with van der Waals surface area (Å²) < 4.78 is 10.9. The molecule has 0 aromatic carbocycles. The smallest absolute Gasteiger partial charge is 0.104 e. The molecule has 14 heavy (non-hydrogen) atoms. The lowest BCUT2D eigenvalue weighted by molar-refractivity contribution is -0.162. The molecule has 3 N–H and O–H groups in total. The Kier molecular flexibility index (Phi) is 5.59. The van der Waals surface area contributed by atoms with Crippen molar-refractivity contribution < 1.29 is 14.6 Å². The van der Waals surface area contributed by atoms with E-state index in [0.29, 0.717) is 6.54 Å². The van der Waals surface area contributed by atoms with Gasteiger partial charge in [-0.2, -0.15) is 0 Å². The summed E-state index contributed by atoms with van der Waals surface area (Å²) >= 11 is 0. The van der Waals surface area contributed by atoms with Gasteiger partial charge in [-0.1, -0.05) is 0 Å². The van der Waals surface area contributed by atoms with Gasteiger partial charge < -0.3 is 20.3 Å². The summed E-state index contributed by atoms with van der Waals surface area (Å²) in [7, 11) is 1.62. The Balaban J connectivity index is 4.39. The molecule has 4 unspecified atom stereocenters. The van der Waals surface area contributed by atoms with Gasteiger partial charge in [0.05, 0.1) is 18.3 Å². The Labute approximate surface area is 86.4 Å². The number of aliphatic hydroxyl groups is 1. The predicted molar refractivity (Wildman–Crippen MR) is 56.2 cm³/mol. The lowest BCUT2D eigenvalue weighted by atomic mass is 9.99. The summed E-state index contributed by atoms with van der Waals surface area (Å²) in [5.41, 5.74) is 5.09. The molecule has 86 valence electrons. The maximum Gasteiger partial charge on any atom is 0.104 e. The highest BCUT2D eigenvalue weighted by Crippen LogP contribution is 2.20. The average Bonchev–Trinajstić information content (AvgIpc) is 2.15. The zero-order valence-electron chi connectivity index (χ0n) is 9.78. The van der Waals surface area contributed by atoms with Gasteiger partial charge in [0.25, 0.3) is 0 Å². The van der Waals surface area contributed by atoms with Crippen LogP contribution in [0, 0.1) is 0 Å². The summed E-state index contributed by atoms with van der Waals surface area (Å²) in [4.78, 5) is 0. The second-order valence-electron chi connectivity index (χ2n) is 3.96. The van der Waals surface area contributed by atoms with E-state index in [1.165, 1.54) is 0 Å². The van der Waals surface area contributed by atoms with Crippen molar-refractivity contribution in [1.29, 1.82) is 0 Å².